The van der Waals surface area contributed by atoms with Crippen LogP contribution in [-0.2, 0) is 4.79 Å². The van der Waals surface area contributed by atoms with E-state index in [9.17, 15) is 4.79 Å². The molecule has 0 atom stereocenters. The van der Waals surface area contributed by atoms with Crippen LogP contribution >= 0.6 is 0 Å². The minimum absolute atomic E-state index is 0.296. The Labute approximate surface area is 99.1 Å². The fraction of sp³-hybridized carbons (Fsp3) is 0.643. The van der Waals surface area contributed by atoms with Gasteiger partial charge in [-0.25, -0.2) is 0 Å². The first kappa shape index (κ1) is 14.9. The predicted octanol–water partition coefficient (Wildman–Crippen LogP) is 4.32. The lowest BCUT2D eigenvalue weighted by atomic mass is 10.1. The number of carboxylic acid groups (broad SMARTS) is 1. The molecule has 0 aromatic heterocycles. The smallest absolute Gasteiger partial charge is 0.303 e. The maximum absolute atomic E-state index is 10.3. The van der Waals surface area contributed by atoms with Crippen LogP contribution in [0.3, 0.4) is 0 Å². The number of hydrogen-bond acceptors (Lipinski definition) is 1. The van der Waals surface area contributed by atoms with Gasteiger partial charge in [-0.3, -0.25) is 4.79 Å². The molecule has 0 spiro atoms. The second-order valence-corrected chi connectivity index (χ2v) is 4.51. The van der Waals surface area contributed by atoms with Crippen LogP contribution in [0.4, 0.5) is 0 Å². The number of rotatable bonds is 8. The van der Waals surface area contributed by atoms with Crippen molar-refractivity contribution in [2.75, 3.05) is 0 Å². The molecule has 16 heavy (non-hydrogen) atoms. The van der Waals surface area contributed by atoms with E-state index in [0.717, 1.165) is 32.1 Å². The summed E-state index contributed by atoms with van der Waals surface area (Å²) >= 11 is 0. The van der Waals surface area contributed by atoms with Crippen molar-refractivity contribution in [3.63, 3.8) is 0 Å². The van der Waals surface area contributed by atoms with Crippen LogP contribution in [-0.4, -0.2) is 11.1 Å². The van der Waals surface area contributed by atoms with Crippen molar-refractivity contribution in [1.29, 1.82) is 0 Å². The molecule has 0 aliphatic carbocycles. The fourth-order valence-electron chi connectivity index (χ4n) is 1.46. The number of carboxylic acids is 1. The molecule has 0 unspecified atom stereocenters. The van der Waals surface area contributed by atoms with E-state index in [2.05, 4.69) is 32.9 Å². The van der Waals surface area contributed by atoms with Crippen LogP contribution in [0.1, 0.15) is 59.3 Å². The molecule has 0 rings (SSSR count). The summed E-state index contributed by atoms with van der Waals surface area (Å²) in [6, 6.07) is 0. The molecular weight excluding hydrogens is 200 g/mol. The van der Waals surface area contributed by atoms with Crippen LogP contribution in [0.2, 0.25) is 0 Å². The molecule has 0 amide bonds. The van der Waals surface area contributed by atoms with E-state index in [0.29, 0.717) is 6.42 Å². The molecule has 0 saturated carbocycles. The van der Waals surface area contributed by atoms with Crippen molar-refractivity contribution in [2.24, 2.45) is 0 Å². The topological polar surface area (TPSA) is 37.3 Å². The van der Waals surface area contributed by atoms with Crippen LogP contribution in [0.15, 0.2) is 23.3 Å². The minimum atomic E-state index is -0.691. The standard InChI is InChI=1S/C14H24O2/c1-12(2)8-7-10-13(3)9-5-4-6-11-14(15)16/h8-9H,4-7,10-11H2,1-3H3,(H,15,16)/b13-9+. The molecule has 0 aromatic rings. The molecular formula is C14H24O2. The molecule has 0 aliphatic rings. The van der Waals surface area contributed by atoms with E-state index >= 15 is 0 Å². The van der Waals surface area contributed by atoms with Gasteiger partial charge in [-0.05, 0) is 52.9 Å². The zero-order chi connectivity index (χ0) is 12.4. The Bertz CT molecular complexity index is 258. The van der Waals surface area contributed by atoms with Gasteiger partial charge in [-0.1, -0.05) is 23.3 Å². The Kier molecular flexibility index (Phi) is 8.59. The lowest BCUT2D eigenvalue weighted by molar-refractivity contribution is -0.137. The average molecular weight is 224 g/mol. The third-order valence-corrected chi connectivity index (χ3v) is 2.43. The first-order valence-electron chi connectivity index (χ1n) is 6.03. The summed E-state index contributed by atoms with van der Waals surface area (Å²) in [5.74, 6) is -0.691. The van der Waals surface area contributed by atoms with Gasteiger partial charge in [0.25, 0.3) is 0 Å². The van der Waals surface area contributed by atoms with Crippen molar-refractivity contribution in [2.45, 2.75) is 59.3 Å². The zero-order valence-corrected chi connectivity index (χ0v) is 10.8. The predicted molar refractivity (Wildman–Crippen MR) is 68.5 cm³/mol. The second kappa shape index (κ2) is 9.20. The van der Waals surface area contributed by atoms with Gasteiger partial charge in [-0.2, -0.15) is 0 Å². The summed E-state index contributed by atoms with van der Waals surface area (Å²) in [5.41, 5.74) is 2.78. The van der Waals surface area contributed by atoms with Crippen molar-refractivity contribution in [3.05, 3.63) is 23.3 Å². The van der Waals surface area contributed by atoms with Crippen LogP contribution in [0.25, 0.3) is 0 Å². The summed E-state index contributed by atoms with van der Waals surface area (Å²) in [6.07, 6.45) is 9.78. The first-order valence-corrected chi connectivity index (χ1v) is 6.03. The van der Waals surface area contributed by atoms with Crippen molar-refractivity contribution >= 4 is 5.97 Å². The van der Waals surface area contributed by atoms with Crippen molar-refractivity contribution < 1.29 is 9.90 Å². The highest BCUT2D eigenvalue weighted by atomic mass is 16.4. The zero-order valence-electron chi connectivity index (χ0n) is 10.8. The lowest BCUT2D eigenvalue weighted by Gasteiger charge is -1.99. The molecule has 0 bridgehead atoms. The van der Waals surface area contributed by atoms with Gasteiger partial charge in [0.05, 0.1) is 0 Å². The summed E-state index contributed by atoms with van der Waals surface area (Å²) in [5, 5.41) is 8.47. The van der Waals surface area contributed by atoms with E-state index in [1.165, 1.54) is 11.1 Å². The largest absolute Gasteiger partial charge is 0.481 e. The van der Waals surface area contributed by atoms with Gasteiger partial charge in [-0.15, -0.1) is 0 Å². The van der Waals surface area contributed by atoms with Crippen LogP contribution in [0.5, 0.6) is 0 Å². The minimum Gasteiger partial charge on any atom is -0.481 e. The summed E-state index contributed by atoms with van der Waals surface area (Å²) in [7, 11) is 0. The second-order valence-electron chi connectivity index (χ2n) is 4.51. The summed E-state index contributed by atoms with van der Waals surface area (Å²) in [6.45, 7) is 6.38. The fourth-order valence-corrected chi connectivity index (χ4v) is 1.46. The van der Waals surface area contributed by atoms with E-state index in [1.807, 2.05) is 0 Å². The molecule has 2 heteroatoms. The first-order chi connectivity index (χ1) is 7.52. The molecule has 0 heterocycles. The maximum atomic E-state index is 10.3. The third kappa shape index (κ3) is 11.0. The third-order valence-electron chi connectivity index (χ3n) is 2.43. The summed E-state index contributed by atoms with van der Waals surface area (Å²) in [4.78, 5) is 10.3. The Hall–Kier alpha value is -1.05. The quantitative estimate of drug-likeness (QED) is 0.492. The van der Waals surface area contributed by atoms with E-state index < -0.39 is 5.97 Å². The normalized spacial score (nSPS) is 11.3. The average Bonchev–Trinajstić information content (AvgIpc) is 2.16. The molecule has 0 radical (unpaired) electrons. The van der Waals surface area contributed by atoms with Gasteiger partial charge in [0.1, 0.15) is 0 Å². The van der Waals surface area contributed by atoms with Crippen molar-refractivity contribution in [3.8, 4) is 0 Å². The molecule has 2 nitrogen and oxygen atoms in total. The number of unbranched alkanes of at least 4 members (excludes halogenated alkanes) is 2. The molecule has 92 valence electrons. The van der Waals surface area contributed by atoms with Crippen LogP contribution in [0, 0.1) is 0 Å². The van der Waals surface area contributed by atoms with E-state index in [1.54, 1.807) is 0 Å². The van der Waals surface area contributed by atoms with Gasteiger partial charge in [0.2, 0.25) is 0 Å². The SMILES string of the molecule is CC(C)=CCC/C(C)=C/CCCCC(=O)O. The highest BCUT2D eigenvalue weighted by Gasteiger charge is 1.95. The molecule has 0 saturated heterocycles. The summed E-state index contributed by atoms with van der Waals surface area (Å²) < 4.78 is 0. The van der Waals surface area contributed by atoms with E-state index in [-0.39, 0.29) is 0 Å². The maximum Gasteiger partial charge on any atom is 0.303 e. The van der Waals surface area contributed by atoms with Gasteiger partial charge >= 0.3 is 5.97 Å². The molecule has 1 N–H and O–H groups in total. The Balaban J connectivity index is 3.55. The van der Waals surface area contributed by atoms with Crippen molar-refractivity contribution in [1.82, 2.24) is 0 Å². The Morgan fingerprint density at radius 3 is 2.25 bits per heavy atom. The number of hydrogen-bond donors (Lipinski definition) is 1. The number of carbonyl (C=O) groups is 1. The van der Waals surface area contributed by atoms with Gasteiger partial charge in [0, 0.05) is 6.42 Å². The highest BCUT2D eigenvalue weighted by Crippen LogP contribution is 2.09. The molecule has 0 aliphatic heterocycles. The molecule has 0 aromatic carbocycles. The van der Waals surface area contributed by atoms with Crippen LogP contribution < -0.4 is 0 Å². The monoisotopic (exact) mass is 224 g/mol. The Morgan fingerprint density at radius 2 is 1.69 bits per heavy atom. The van der Waals surface area contributed by atoms with Gasteiger partial charge in [0.15, 0.2) is 0 Å². The number of allylic oxidation sites excluding steroid dienone is 4. The molecule has 0 fully saturated rings. The van der Waals surface area contributed by atoms with E-state index in [4.69, 9.17) is 5.11 Å². The highest BCUT2D eigenvalue weighted by molar-refractivity contribution is 5.66. The van der Waals surface area contributed by atoms with Gasteiger partial charge < -0.3 is 5.11 Å². The lowest BCUT2D eigenvalue weighted by Crippen LogP contribution is -1.93. The number of aliphatic carboxylic acids is 1. The Morgan fingerprint density at radius 1 is 1.00 bits per heavy atom.